The van der Waals surface area contributed by atoms with Gasteiger partial charge in [-0.2, -0.15) is 11.8 Å². The maximum absolute atomic E-state index is 8.55. The lowest BCUT2D eigenvalue weighted by molar-refractivity contribution is 0.287. The van der Waals surface area contributed by atoms with Gasteiger partial charge in [0.25, 0.3) is 0 Å². The summed E-state index contributed by atoms with van der Waals surface area (Å²) in [5.41, 5.74) is 0. The molecule has 1 N–H and O–H groups in total. The molecule has 0 bridgehead atoms. The van der Waals surface area contributed by atoms with Crippen molar-refractivity contribution in [1.29, 1.82) is 0 Å². The summed E-state index contributed by atoms with van der Waals surface area (Å²) >= 11 is 2.11. The molecule has 1 aliphatic carbocycles. The topological polar surface area (TPSA) is 20.2 Å². The van der Waals surface area contributed by atoms with Crippen LogP contribution in [0.15, 0.2) is 0 Å². The molecule has 1 nitrogen and oxygen atoms in total. The molecule has 0 aromatic carbocycles. The second-order valence-electron chi connectivity index (χ2n) is 3.21. The third-order valence-corrected chi connectivity index (χ3v) is 3.68. The minimum atomic E-state index is 0.366. The summed E-state index contributed by atoms with van der Waals surface area (Å²) < 4.78 is 0. The fraction of sp³-hybridized carbons (Fsp3) is 1.00. The molecule has 1 aliphatic rings. The molecule has 0 heterocycles. The maximum atomic E-state index is 8.55. The van der Waals surface area contributed by atoms with Crippen LogP contribution in [-0.2, 0) is 0 Å². The van der Waals surface area contributed by atoms with Gasteiger partial charge in [-0.1, -0.05) is 12.8 Å². The van der Waals surface area contributed by atoms with Crippen molar-refractivity contribution in [3.8, 4) is 0 Å². The summed E-state index contributed by atoms with van der Waals surface area (Å²) in [4.78, 5) is 0. The Kier molecular flexibility index (Phi) is 5.04. The second kappa shape index (κ2) is 5.90. The van der Waals surface area contributed by atoms with Crippen molar-refractivity contribution in [3.05, 3.63) is 0 Å². The first-order chi connectivity index (χ1) is 5.43. The summed E-state index contributed by atoms with van der Waals surface area (Å²) in [7, 11) is 0. The lowest BCUT2D eigenvalue weighted by Gasteiger charge is -2.06. The molecule has 0 aromatic heterocycles. The Hall–Kier alpha value is 0.310. The molecule has 0 spiro atoms. The molecule has 1 fully saturated rings. The van der Waals surface area contributed by atoms with Crippen molar-refractivity contribution in [2.75, 3.05) is 12.4 Å². The van der Waals surface area contributed by atoms with Gasteiger partial charge in [0.2, 0.25) is 0 Å². The van der Waals surface area contributed by atoms with Crippen LogP contribution < -0.4 is 0 Å². The molecule has 1 saturated carbocycles. The van der Waals surface area contributed by atoms with Crippen LogP contribution in [-0.4, -0.2) is 22.7 Å². The number of hydrogen-bond acceptors (Lipinski definition) is 2. The molecular weight excluding hydrogens is 156 g/mol. The van der Waals surface area contributed by atoms with Gasteiger partial charge in [-0.25, -0.2) is 0 Å². The molecule has 11 heavy (non-hydrogen) atoms. The SMILES string of the molecule is OCCCCSC1CCCC1. The van der Waals surface area contributed by atoms with E-state index in [1.165, 1.54) is 37.9 Å². The lowest BCUT2D eigenvalue weighted by Crippen LogP contribution is -1.96. The van der Waals surface area contributed by atoms with Crippen LogP contribution in [0.4, 0.5) is 0 Å². The van der Waals surface area contributed by atoms with Crippen molar-refractivity contribution >= 4 is 11.8 Å². The zero-order chi connectivity index (χ0) is 7.94. The normalized spacial score (nSPS) is 19.4. The first-order valence-electron chi connectivity index (χ1n) is 4.66. The number of aliphatic hydroxyl groups is 1. The molecule has 66 valence electrons. The van der Waals surface area contributed by atoms with Crippen molar-refractivity contribution in [1.82, 2.24) is 0 Å². The number of thioether (sulfide) groups is 1. The molecule has 0 aliphatic heterocycles. The highest BCUT2D eigenvalue weighted by Gasteiger charge is 2.14. The highest BCUT2D eigenvalue weighted by molar-refractivity contribution is 7.99. The molecule has 0 amide bonds. The van der Waals surface area contributed by atoms with E-state index in [9.17, 15) is 0 Å². The van der Waals surface area contributed by atoms with Crippen LogP contribution in [0, 0.1) is 0 Å². The summed E-state index contributed by atoms with van der Waals surface area (Å²) in [5.74, 6) is 1.26. The van der Waals surface area contributed by atoms with Gasteiger partial charge >= 0.3 is 0 Å². The fourth-order valence-corrected chi connectivity index (χ4v) is 2.89. The highest BCUT2D eigenvalue weighted by Crippen LogP contribution is 2.29. The molecule has 0 saturated heterocycles. The second-order valence-corrected chi connectivity index (χ2v) is 4.62. The predicted octanol–water partition coefficient (Wildman–Crippen LogP) is 2.43. The van der Waals surface area contributed by atoms with Gasteiger partial charge in [-0.15, -0.1) is 0 Å². The summed E-state index contributed by atoms with van der Waals surface area (Å²) in [5, 5.41) is 9.50. The highest BCUT2D eigenvalue weighted by atomic mass is 32.2. The zero-order valence-electron chi connectivity index (χ0n) is 7.09. The van der Waals surface area contributed by atoms with Crippen LogP contribution in [0.25, 0.3) is 0 Å². The predicted molar refractivity (Wildman–Crippen MR) is 51.0 cm³/mol. The summed E-state index contributed by atoms with van der Waals surface area (Å²) in [6.45, 7) is 0.366. The quantitative estimate of drug-likeness (QED) is 0.646. The standard InChI is InChI=1S/C9H18OS/c10-7-3-4-8-11-9-5-1-2-6-9/h9-10H,1-8H2. The Morgan fingerprint density at radius 3 is 2.55 bits per heavy atom. The van der Waals surface area contributed by atoms with Gasteiger partial charge in [-0.3, -0.25) is 0 Å². The average molecular weight is 174 g/mol. The Labute approximate surface area is 73.6 Å². The van der Waals surface area contributed by atoms with E-state index < -0.39 is 0 Å². The monoisotopic (exact) mass is 174 g/mol. The van der Waals surface area contributed by atoms with Crippen molar-refractivity contribution < 1.29 is 5.11 Å². The van der Waals surface area contributed by atoms with Gasteiger partial charge in [0.15, 0.2) is 0 Å². The van der Waals surface area contributed by atoms with Crippen LogP contribution in [0.5, 0.6) is 0 Å². The summed E-state index contributed by atoms with van der Waals surface area (Å²) in [6.07, 6.45) is 7.93. The fourth-order valence-electron chi connectivity index (χ4n) is 1.52. The lowest BCUT2D eigenvalue weighted by atomic mass is 10.4. The van der Waals surface area contributed by atoms with E-state index in [4.69, 9.17) is 5.11 Å². The van der Waals surface area contributed by atoms with Crippen molar-refractivity contribution in [2.24, 2.45) is 0 Å². The Balaban J connectivity index is 1.86. The van der Waals surface area contributed by atoms with E-state index in [2.05, 4.69) is 11.8 Å². The first-order valence-corrected chi connectivity index (χ1v) is 5.71. The minimum Gasteiger partial charge on any atom is -0.396 e. The van der Waals surface area contributed by atoms with E-state index in [0.29, 0.717) is 6.61 Å². The molecule has 1 rings (SSSR count). The third-order valence-electron chi connectivity index (χ3n) is 2.21. The number of unbranched alkanes of at least 4 members (excludes halogenated alkanes) is 1. The number of rotatable bonds is 5. The van der Waals surface area contributed by atoms with Crippen LogP contribution in [0.2, 0.25) is 0 Å². The first kappa shape index (κ1) is 9.40. The molecule has 2 heteroatoms. The van der Waals surface area contributed by atoms with Crippen LogP contribution in [0.1, 0.15) is 38.5 Å². The van der Waals surface area contributed by atoms with Gasteiger partial charge in [0.05, 0.1) is 0 Å². The minimum absolute atomic E-state index is 0.366. The zero-order valence-corrected chi connectivity index (χ0v) is 7.91. The smallest absolute Gasteiger partial charge is 0.0431 e. The van der Waals surface area contributed by atoms with E-state index in [-0.39, 0.29) is 0 Å². The average Bonchev–Trinajstić information content (AvgIpc) is 2.50. The Bertz CT molecular complexity index is 89.6. The number of hydrogen-bond donors (Lipinski definition) is 1. The molecule has 0 unspecified atom stereocenters. The Morgan fingerprint density at radius 1 is 1.18 bits per heavy atom. The van der Waals surface area contributed by atoms with Crippen LogP contribution >= 0.6 is 11.8 Å². The van der Waals surface area contributed by atoms with E-state index in [0.717, 1.165) is 11.7 Å². The maximum Gasteiger partial charge on any atom is 0.0431 e. The van der Waals surface area contributed by atoms with Crippen molar-refractivity contribution in [2.45, 2.75) is 43.8 Å². The molecular formula is C9H18OS. The largest absolute Gasteiger partial charge is 0.396 e. The number of aliphatic hydroxyl groups excluding tert-OH is 1. The Morgan fingerprint density at radius 2 is 1.91 bits per heavy atom. The molecule has 0 radical (unpaired) electrons. The van der Waals surface area contributed by atoms with Gasteiger partial charge in [-0.05, 0) is 31.4 Å². The van der Waals surface area contributed by atoms with E-state index in [1.807, 2.05) is 0 Å². The van der Waals surface area contributed by atoms with E-state index in [1.54, 1.807) is 0 Å². The van der Waals surface area contributed by atoms with Gasteiger partial charge in [0, 0.05) is 11.9 Å². The summed E-state index contributed by atoms with van der Waals surface area (Å²) in [6, 6.07) is 0. The van der Waals surface area contributed by atoms with Gasteiger partial charge < -0.3 is 5.11 Å². The molecule has 0 atom stereocenters. The van der Waals surface area contributed by atoms with Crippen LogP contribution in [0.3, 0.4) is 0 Å². The third kappa shape index (κ3) is 4.02. The van der Waals surface area contributed by atoms with Crippen molar-refractivity contribution in [3.63, 3.8) is 0 Å². The van der Waals surface area contributed by atoms with Gasteiger partial charge in [0.1, 0.15) is 0 Å². The van der Waals surface area contributed by atoms with E-state index >= 15 is 0 Å². The molecule has 0 aromatic rings.